The van der Waals surface area contributed by atoms with Gasteiger partial charge in [-0.1, -0.05) is 65.7 Å². The standard InChI is InChI=1S/C36H46Cl2N2O15/c1-17(37)13-19(38)11-9-7-5-4-6-8-10-12-21(41)25-27(45)20(14-24(39)43)40(33(25)49)34-31(28(46)22(42)15-51-34)55-35-30(48)29(47)23(16-52-35)54-36-32(50-3)26(44)18(2)53-36/h4-13,18,20,22-23,26,28-32,34-36,41-42,44,46-48H,14-16H2,1-3H3,(H2,39,43)/b5-4+,8-6+,9-7+,12-10+,17-13+,19-11-,25-21-/t18-,20+,22?,23?,26-,28?,29?,30?,31?,32+,34?,35?,36+/m1/s1. The first-order valence-corrected chi connectivity index (χ1v) is 17.9. The van der Waals surface area contributed by atoms with E-state index in [4.69, 9.17) is 57.4 Å². The molecule has 0 aromatic carbocycles. The number of likely N-dealkylation sites (tertiary alicyclic amines) is 1. The molecule has 4 aliphatic rings. The van der Waals surface area contributed by atoms with Crippen molar-refractivity contribution in [2.75, 3.05) is 20.3 Å². The third-order valence-corrected chi connectivity index (χ3v) is 9.31. The molecule has 4 rings (SSSR count). The van der Waals surface area contributed by atoms with Gasteiger partial charge in [-0.2, -0.15) is 0 Å². The van der Waals surface area contributed by atoms with Gasteiger partial charge < -0.3 is 64.8 Å². The summed E-state index contributed by atoms with van der Waals surface area (Å²) in [4.78, 5) is 40.2. The largest absolute Gasteiger partial charge is 0.507 e. The number of Topliss-reactive ketones (excluding diaryl/α,β-unsaturated/α-hetero) is 1. The van der Waals surface area contributed by atoms with Crippen LogP contribution in [-0.4, -0.2) is 153 Å². The molecule has 17 nitrogen and oxygen atoms in total. The number of nitrogens with zero attached hydrogens (tertiary/aromatic N) is 1. The number of carbonyl (C=O) groups excluding carboxylic acids is 3. The molecule has 304 valence electrons. The molecule has 0 spiro atoms. The van der Waals surface area contributed by atoms with Gasteiger partial charge in [-0.05, 0) is 32.1 Å². The lowest BCUT2D eigenvalue weighted by molar-refractivity contribution is -0.338. The minimum Gasteiger partial charge on any atom is -0.507 e. The first-order chi connectivity index (χ1) is 26.1. The Morgan fingerprint density at radius 1 is 0.891 bits per heavy atom. The smallest absolute Gasteiger partial charge is 0.264 e. The van der Waals surface area contributed by atoms with Crippen molar-refractivity contribution in [3.8, 4) is 0 Å². The van der Waals surface area contributed by atoms with Crippen molar-refractivity contribution in [1.29, 1.82) is 0 Å². The molecule has 8 N–H and O–H groups in total. The average molecular weight is 818 g/mol. The summed E-state index contributed by atoms with van der Waals surface area (Å²) in [7, 11) is 1.34. The number of hydrogen-bond donors (Lipinski definition) is 7. The molecular formula is C36H46Cl2N2O15. The summed E-state index contributed by atoms with van der Waals surface area (Å²) in [5.41, 5.74) is 4.70. The Labute approximate surface area is 326 Å². The number of halogens is 2. The monoisotopic (exact) mass is 816 g/mol. The van der Waals surface area contributed by atoms with E-state index in [0.29, 0.717) is 10.1 Å². The maximum atomic E-state index is 13.8. The van der Waals surface area contributed by atoms with E-state index >= 15 is 0 Å². The van der Waals surface area contributed by atoms with Gasteiger partial charge >= 0.3 is 0 Å². The normalized spacial score (nSPS) is 37.8. The van der Waals surface area contributed by atoms with Crippen LogP contribution >= 0.6 is 23.2 Å². The van der Waals surface area contributed by atoms with Crippen molar-refractivity contribution < 1.29 is 73.4 Å². The van der Waals surface area contributed by atoms with Crippen LogP contribution in [0.5, 0.6) is 0 Å². The van der Waals surface area contributed by atoms with E-state index in [1.54, 1.807) is 56.4 Å². The number of aliphatic hydroxyl groups excluding tert-OH is 6. The molecule has 13 atom stereocenters. The maximum absolute atomic E-state index is 13.8. The second kappa shape index (κ2) is 20.2. The zero-order chi connectivity index (χ0) is 40.6. The second-order valence-corrected chi connectivity index (χ2v) is 14.0. The zero-order valence-electron chi connectivity index (χ0n) is 30.0. The lowest BCUT2D eigenvalue weighted by Crippen LogP contribution is -2.65. The number of primary amides is 1. The van der Waals surface area contributed by atoms with Gasteiger partial charge in [0.2, 0.25) is 5.91 Å². The van der Waals surface area contributed by atoms with Crippen LogP contribution < -0.4 is 5.73 Å². The number of nitrogens with two attached hydrogens (primary N) is 1. The van der Waals surface area contributed by atoms with Crippen molar-refractivity contribution in [3.05, 3.63) is 82.2 Å². The van der Waals surface area contributed by atoms with Crippen LogP contribution in [0.25, 0.3) is 0 Å². The summed E-state index contributed by atoms with van der Waals surface area (Å²) < 4.78 is 33.7. The van der Waals surface area contributed by atoms with E-state index in [2.05, 4.69) is 0 Å². The molecule has 8 unspecified atom stereocenters. The van der Waals surface area contributed by atoms with Crippen molar-refractivity contribution in [1.82, 2.24) is 4.90 Å². The number of rotatable bonds is 14. The van der Waals surface area contributed by atoms with Crippen LogP contribution in [-0.2, 0) is 42.8 Å². The Morgan fingerprint density at radius 3 is 2.18 bits per heavy atom. The van der Waals surface area contributed by atoms with Crippen LogP contribution in [0.3, 0.4) is 0 Å². The van der Waals surface area contributed by atoms with Crippen LogP contribution in [0.2, 0.25) is 0 Å². The average Bonchev–Trinajstić information content (AvgIpc) is 3.53. The molecule has 0 aliphatic carbocycles. The number of aliphatic hydroxyl groups is 6. The molecule has 19 heteroatoms. The topological polar surface area (TPSA) is 257 Å². The number of allylic oxidation sites excluding steroid dienone is 12. The van der Waals surface area contributed by atoms with E-state index < -0.39 is 128 Å². The fraction of sp³-hybridized carbons (Fsp3) is 0.528. The van der Waals surface area contributed by atoms with Gasteiger partial charge in [-0.3, -0.25) is 19.3 Å². The summed E-state index contributed by atoms with van der Waals surface area (Å²) >= 11 is 11.8. The van der Waals surface area contributed by atoms with Crippen molar-refractivity contribution in [3.63, 3.8) is 0 Å². The first kappa shape index (κ1) is 44.4. The summed E-state index contributed by atoms with van der Waals surface area (Å²) in [5, 5.41) is 65.5. The van der Waals surface area contributed by atoms with E-state index in [0.717, 1.165) is 11.0 Å². The molecule has 0 radical (unpaired) electrons. The summed E-state index contributed by atoms with van der Waals surface area (Å²) in [6, 6.07) is -1.62. The third kappa shape index (κ3) is 11.0. The molecule has 2 amide bonds. The van der Waals surface area contributed by atoms with Crippen molar-refractivity contribution in [2.45, 2.75) is 100 Å². The molecule has 4 saturated heterocycles. The quantitative estimate of drug-likeness (QED) is 0.0527. The molecule has 0 aromatic rings. The number of ether oxygens (including phenoxy) is 6. The summed E-state index contributed by atoms with van der Waals surface area (Å²) in [6.45, 7) is 2.32. The van der Waals surface area contributed by atoms with E-state index in [9.17, 15) is 45.0 Å². The molecular weight excluding hydrogens is 771 g/mol. The third-order valence-electron chi connectivity index (χ3n) is 8.96. The van der Waals surface area contributed by atoms with Crippen molar-refractivity contribution in [2.24, 2.45) is 5.73 Å². The Morgan fingerprint density at radius 2 is 1.55 bits per heavy atom. The van der Waals surface area contributed by atoms with Crippen LogP contribution in [0.15, 0.2) is 82.2 Å². The lowest BCUT2D eigenvalue weighted by atomic mass is 10.0. The van der Waals surface area contributed by atoms with E-state index in [1.807, 2.05) is 0 Å². The molecule has 4 fully saturated rings. The van der Waals surface area contributed by atoms with Gasteiger partial charge in [0.05, 0.1) is 25.7 Å². The van der Waals surface area contributed by atoms with Gasteiger partial charge in [-0.15, -0.1) is 0 Å². The number of methoxy groups -OCH3 is 1. The van der Waals surface area contributed by atoms with E-state index in [-0.39, 0.29) is 0 Å². The highest BCUT2D eigenvalue weighted by molar-refractivity contribution is 6.34. The van der Waals surface area contributed by atoms with Crippen LogP contribution in [0.4, 0.5) is 0 Å². The van der Waals surface area contributed by atoms with Gasteiger partial charge in [0.25, 0.3) is 5.91 Å². The molecule has 0 saturated carbocycles. The number of carbonyl (C=O) groups is 3. The fourth-order valence-electron chi connectivity index (χ4n) is 6.17. The predicted molar refractivity (Wildman–Crippen MR) is 194 cm³/mol. The SMILES string of the molecule is CO[C@@H]1[C@H](OC2COC(OC3C(O)C(O)COC3N3C(=O)/C(=C(O)/C=C/C=C/C=C/C=C/C=C(Cl)/C=C(\C)Cl)C(=O)[C@@H]3CC(N)=O)C(O)C2O)O[C@H](C)[C@H]1O. The number of hydrogen-bond acceptors (Lipinski definition) is 15. The van der Waals surface area contributed by atoms with E-state index in [1.165, 1.54) is 19.3 Å². The first-order valence-electron chi connectivity index (χ1n) is 17.2. The summed E-state index contributed by atoms with van der Waals surface area (Å²) in [6.07, 6.45) is -2.29. The Balaban J connectivity index is 1.50. The molecule has 0 aromatic heterocycles. The molecule has 55 heavy (non-hydrogen) atoms. The molecule has 0 bridgehead atoms. The molecule has 4 heterocycles. The highest BCUT2D eigenvalue weighted by Crippen LogP contribution is 2.35. The van der Waals surface area contributed by atoms with Gasteiger partial charge in [0.1, 0.15) is 66.2 Å². The minimum absolute atomic E-state index is 0.404. The maximum Gasteiger partial charge on any atom is 0.264 e. The fourth-order valence-corrected chi connectivity index (χ4v) is 6.58. The Bertz CT molecular complexity index is 1610. The van der Waals surface area contributed by atoms with Gasteiger partial charge in [0, 0.05) is 17.2 Å². The second-order valence-electron chi connectivity index (χ2n) is 13.0. The van der Waals surface area contributed by atoms with Gasteiger partial charge in [0.15, 0.2) is 24.6 Å². The summed E-state index contributed by atoms with van der Waals surface area (Å²) in [5.74, 6) is -3.83. The van der Waals surface area contributed by atoms with Crippen LogP contribution in [0, 0.1) is 0 Å². The van der Waals surface area contributed by atoms with Crippen LogP contribution in [0.1, 0.15) is 20.3 Å². The Kier molecular flexibility index (Phi) is 16.4. The minimum atomic E-state index is -1.85. The van der Waals surface area contributed by atoms with Crippen molar-refractivity contribution >= 4 is 40.8 Å². The number of ketones is 1. The highest BCUT2D eigenvalue weighted by atomic mass is 35.5. The Hall–Kier alpha value is -3.27. The molecule has 4 aliphatic heterocycles. The number of amides is 2. The zero-order valence-corrected chi connectivity index (χ0v) is 31.6. The lowest BCUT2D eigenvalue weighted by Gasteiger charge is -2.46. The highest BCUT2D eigenvalue weighted by Gasteiger charge is 2.56. The predicted octanol–water partition coefficient (Wildman–Crippen LogP) is -0.00880. The van der Waals surface area contributed by atoms with Gasteiger partial charge in [-0.25, -0.2) is 0 Å².